The van der Waals surface area contributed by atoms with E-state index in [1.54, 1.807) is 51.4 Å². The first kappa shape index (κ1) is 34.1. The number of nitrogens with zero attached hydrogens (tertiary/aromatic N) is 4. The number of benzene rings is 2. The van der Waals surface area contributed by atoms with E-state index in [0.717, 1.165) is 12.8 Å². The Kier molecular flexibility index (Phi) is 10.3. The van der Waals surface area contributed by atoms with Crippen molar-refractivity contribution in [2.24, 2.45) is 0 Å². The summed E-state index contributed by atoms with van der Waals surface area (Å²) in [5.41, 5.74) is 0.838. The van der Waals surface area contributed by atoms with Crippen LogP contribution in [-0.4, -0.2) is 65.4 Å². The number of rotatable bonds is 11. The van der Waals surface area contributed by atoms with E-state index in [2.05, 4.69) is 25.4 Å². The van der Waals surface area contributed by atoms with Crippen molar-refractivity contribution in [2.75, 3.05) is 36.2 Å². The van der Waals surface area contributed by atoms with Gasteiger partial charge >= 0.3 is 16.3 Å². The van der Waals surface area contributed by atoms with Crippen LogP contribution in [0, 0.1) is 11.6 Å². The van der Waals surface area contributed by atoms with E-state index in [9.17, 15) is 13.2 Å². The van der Waals surface area contributed by atoms with E-state index in [-0.39, 0.29) is 27.5 Å². The first-order valence-electron chi connectivity index (χ1n) is 15.1. The van der Waals surface area contributed by atoms with Gasteiger partial charge in [0.25, 0.3) is 0 Å². The van der Waals surface area contributed by atoms with Crippen molar-refractivity contribution >= 4 is 39.3 Å². The van der Waals surface area contributed by atoms with E-state index >= 15 is 8.78 Å². The zero-order valence-electron chi connectivity index (χ0n) is 26.2. The average molecular weight is 688 g/mol. The number of anilines is 2. The predicted molar refractivity (Wildman–Crippen MR) is 178 cm³/mol. The van der Waals surface area contributed by atoms with Crippen molar-refractivity contribution in [1.29, 1.82) is 0 Å². The SMILES string of the molecule is CC(C)(C)OC(=O)NCCCNc1ccc(-n2cc(-c3cc(Cl)cc(NS(=O)(=O)N4CCCC4)c3F)c(-c3ccncc3)n2)c(F)c1. The first-order chi connectivity index (χ1) is 22.3. The van der Waals surface area contributed by atoms with E-state index in [1.165, 1.54) is 39.4 Å². The summed E-state index contributed by atoms with van der Waals surface area (Å²) in [6.45, 7) is 6.87. The van der Waals surface area contributed by atoms with Crippen LogP contribution in [0.15, 0.2) is 61.1 Å². The summed E-state index contributed by atoms with van der Waals surface area (Å²) in [5.74, 6) is -1.45. The van der Waals surface area contributed by atoms with Gasteiger partial charge in [-0.05, 0) is 82.5 Å². The lowest BCUT2D eigenvalue weighted by atomic mass is 10.0. The molecule has 0 bridgehead atoms. The van der Waals surface area contributed by atoms with Gasteiger partial charge in [0.15, 0.2) is 11.6 Å². The molecule has 5 rings (SSSR count). The maximum absolute atomic E-state index is 16.1. The number of aromatic nitrogens is 3. The van der Waals surface area contributed by atoms with Crippen molar-refractivity contribution in [1.82, 2.24) is 24.4 Å². The quantitative estimate of drug-likeness (QED) is 0.151. The summed E-state index contributed by atoms with van der Waals surface area (Å²) < 4.78 is 67.6. The Bertz CT molecular complexity index is 1840. The number of hydrogen-bond donors (Lipinski definition) is 3. The maximum Gasteiger partial charge on any atom is 0.407 e. The molecule has 3 heterocycles. The molecule has 3 N–H and O–H groups in total. The number of ether oxygens (including phenoxy) is 1. The highest BCUT2D eigenvalue weighted by molar-refractivity contribution is 7.90. The molecule has 1 aliphatic heterocycles. The highest BCUT2D eigenvalue weighted by Gasteiger charge is 2.28. The molecule has 250 valence electrons. The number of nitrogens with one attached hydrogen (secondary N) is 3. The first-order valence-corrected chi connectivity index (χ1v) is 16.9. The highest BCUT2D eigenvalue weighted by Crippen LogP contribution is 2.38. The van der Waals surface area contributed by atoms with Crippen LogP contribution in [0.3, 0.4) is 0 Å². The summed E-state index contributed by atoms with van der Waals surface area (Å²) in [4.78, 5) is 15.8. The van der Waals surface area contributed by atoms with Gasteiger partial charge in [0.2, 0.25) is 0 Å². The molecule has 4 aromatic rings. The molecule has 1 amide bonds. The van der Waals surface area contributed by atoms with Gasteiger partial charge in [-0.25, -0.2) is 18.3 Å². The van der Waals surface area contributed by atoms with Crippen LogP contribution in [0.2, 0.25) is 5.02 Å². The largest absolute Gasteiger partial charge is 0.444 e. The smallest absolute Gasteiger partial charge is 0.407 e. The molecule has 0 unspecified atom stereocenters. The van der Waals surface area contributed by atoms with Gasteiger partial charge in [-0.1, -0.05) is 11.6 Å². The topological polar surface area (TPSA) is 130 Å². The third-order valence-electron chi connectivity index (χ3n) is 7.18. The fourth-order valence-electron chi connectivity index (χ4n) is 5.04. The van der Waals surface area contributed by atoms with Crippen LogP contribution in [0.25, 0.3) is 28.1 Å². The van der Waals surface area contributed by atoms with Crippen molar-refractivity contribution in [3.8, 4) is 28.1 Å². The van der Waals surface area contributed by atoms with Crippen molar-refractivity contribution < 1.29 is 26.7 Å². The Morgan fingerprint density at radius 1 is 1.02 bits per heavy atom. The van der Waals surface area contributed by atoms with Crippen molar-refractivity contribution in [3.05, 3.63) is 77.7 Å². The summed E-state index contributed by atoms with van der Waals surface area (Å²) in [6, 6.07) is 10.5. The molecule has 0 radical (unpaired) electrons. The summed E-state index contributed by atoms with van der Waals surface area (Å²) in [7, 11) is -4.01. The van der Waals surface area contributed by atoms with Gasteiger partial charge < -0.3 is 15.4 Å². The number of halogens is 3. The maximum atomic E-state index is 16.1. The number of hydrogen-bond acceptors (Lipinski definition) is 7. The lowest BCUT2D eigenvalue weighted by Gasteiger charge is -2.19. The molecular weight excluding hydrogens is 652 g/mol. The third-order valence-corrected chi connectivity index (χ3v) is 8.93. The molecule has 1 saturated heterocycles. The Morgan fingerprint density at radius 3 is 2.43 bits per heavy atom. The van der Waals surface area contributed by atoms with Crippen molar-refractivity contribution in [2.45, 2.75) is 45.6 Å². The zero-order chi connectivity index (χ0) is 33.8. The molecule has 0 spiro atoms. The van der Waals surface area contributed by atoms with Crippen LogP contribution in [0.4, 0.5) is 25.0 Å². The molecule has 2 aromatic heterocycles. The molecule has 0 aliphatic carbocycles. The fourth-order valence-corrected chi connectivity index (χ4v) is 6.55. The number of amides is 1. The summed E-state index contributed by atoms with van der Waals surface area (Å²) in [5, 5.41) is 10.5. The minimum atomic E-state index is -4.01. The monoisotopic (exact) mass is 687 g/mol. The van der Waals surface area contributed by atoms with Crippen LogP contribution < -0.4 is 15.4 Å². The summed E-state index contributed by atoms with van der Waals surface area (Å²) >= 11 is 6.38. The molecule has 2 aromatic carbocycles. The molecule has 0 atom stereocenters. The van der Waals surface area contributed by atoms with Gasteiger partial charge in [0, 0.05) is 72.2 Å². The third kappa shape index (κ3) is 8.56. The van der Waals surface area contributed by atoms with E-state index in [1.807, 2.05) is 0 Å². The highest BCUT2D eigenvalue weighted by atomic mass is 35.5. The summed E-state index contributed by atoms with van der Waals surface area (Å²) in [6.07, 6.45) is 6.08. The molecule has 0 saturated carbocycles. The molecule has 1 fully saturated rings. The second-order valence-electron chi connectivity index (χ2n) is 12.0. The predicted octanol–water partition coefficient (Wildman–Crippen LogP) is 6.61. The van der Waals surface area contributed by atoms with Crippen LogP contribution in [0.5, 0.6) is 0 Å². The lowest BCUT2D eigenvalue weighted by molar-refractivity contribution is 0.0527. The van der Waals surface area contributed by atoms with Crippen molar-refractivity contribution in [3.63, 3.8) is 0 Å². The van der Waals surface area contributed by atoms with Gasteiger partial charge in [0.05, 0.1) is 5.69 Å². The second kappa shape index (κ2) is 14.2. The molecular formula is C32H36ClF2N7O4S. The van der Waals surface area contributed by atoms with Gasteiger partial charge in [-0.3, -0.25) is 9.71 Å². The molecule has 11 nitrogen and oxygen atoms in total. The zero-order valence-corrected chi connectivity index (χ0v) is 27.8. The Morgan fingerprint density at radius 2 is 1.74 bits per heavy atom. The number of pyridine rings is 1. The molecule has 15 heteroatoms. The fraction of sp³-hybridized carbons (Fsp3) is 0.344. The number of carbonyl (C=O) groups excluding carboxylic acids is 1. The van der Waals surface area contributed by atoms with Crippen LogP contribution in [-0.2, 0) is 14.9 Å². The van der Waals surface area contributed by atoms with Crippen LogP contribution >= 0.6 is 11.6 Å². The van der Waals surface area contributed by atoms with Gasteiger partial charge in [-0.2, -0.15) is 17.8 Å². The molecule has 1 aliphatic rings. The lowest BCUT2D eigenvalue weighted by Crippen LogP contribution is -2.33. The Hall–Kier alpha value is -4.27. The normalized spacial score (nSPS) is 13.8. The van der Waals surface area contributed by atoms with E-state index in [4.69, 9.17) is 16.3 Å². The average Bonchev–Trinajstić information content (AvgIpc) is 3.70. The Balaban J connectivity index is 1.39. The number of carbonyl (C=O) groups is 1. The number of alkyl carbamates (subject to hydrolysis) is 1. The Labute approximate surface area is 277 Å². The van der Waals surface area contributed by atoms with E-state index in [0.29, 0.717) is 49.5 Å². The second-order valence-corrected chi connectivity index (χ2v) is 14.1. The minimum absolute atomic E-state index is 0.0200. The van der Waals surface area contributed by atoms with Gasteiger partial charge in [0.1, 0.15) is 17.0 Å². The standard InChI is InChI=1S/C32H36ClF2N7O4S/c1-32(2,3)46-31(43)38-12-6-11-37-23-7-8-28(26(34)19-23)42-20-25(30(39-42)21-9-13-36-14-10-21)24-17-22(33)18-27(29(24)35)40-47(44,45)41-15-4-5-16-41/h7-10,13-14,17-20,37,40H,4-6,11-12,15-16H2,1-3H3,(H,38,43). The minimum Gasteiger partial charge on any atom is -0.444 e. The van der Waals surface area contributed by atoms with E-state index < -0.39 is 33.5 Å². The molecule has 47 heavy (non-hydrogen) atoms. The van der Waals surface area contributed by atoms with Gasteiger partial charge in [-0.15, -0.1) is 0 Å². The van der Waals surface area contributed by atoms with Crippen LogP contribution in [0.1, 0.15) is 40.0 Å².